The molecule has 0 aliphatic rings. The smallest absolute Gasteiger partial charge is 0.245 e. The van der Waals surface area contributed by atoms with Crippen molar-refractivity contribution in [3.8, 4) is 39.6 Å². The van der Waals surface area contributed by atoms with Gasteiger partial charge in [0.2, 0.25) is 0 Å². The number of benzene rings is 6. The molecule has 4 heteroatoms. The van der Waals surface area contributed by atoms with Crippen molar-refractivity contribution >= 4 is 43.5 Å². The van der Waals surface area contributed by atoms with Crippen LogP contribution in [0.4, 0.5) is 0 Å². The summed E-state index contributed by atoms with van der Waals surface area (Å²) in [6.07, 6.45) is 2.18. The molecule has 3 aromatic heterocycles. The van der Waals surface area contributed by atoms with Crippen LogP contribution in [0.3, 0.4) is 0 Å². The van der Waals surface area contributed by atoms with Crippen LogP contribution in [0.1, 0.15) is 0 Å². The quantitative estimate of drug-likeness (QED) is 0.152. The minimum Gasteiger partial charge on any atom is -0.245 e. The second-order valence-corrected chi connectivity index (χ2v) is 11.6. The summed E-state index contributed by atoms with van der Waals surface area (Å²) in [5.74, 6) is 0.909. The van der Waals surface area contributed by atoms with Gasteiger partial charge in [0.05, 0.1) is 33.4 Å². The fourth-order valence-corrected chi connectivity index (χ4v) is 6.29. The second-order valence-electron chi connectivity index (χ2n) is 11.6. The van der Waals surface area contributed by atoms with Crippen molar-refractivity contribution in [1.29, 1.82) is 0 Å². The van der Waals surface area contributed by atoms with Crippen molar-refractivity contribution < 1.29 is 4.57 Å². The van der Waals surface area contributed by atoms with E-state index in [9.17, 15) is 0 Å². The minimum absolute atomic E-state index is 0.909. The largest absolute Gasteiger partial charge is 0.336 e. The molecule has 9 rings (SSSR count). The van der Waals surface area contributed by atoms with Crippen LogP contribution in [-0.2, 0) is 0 Å². The molecule has 3 heterocycles. The van der Waals surface area contributed by atoms with Crippen molar-refractivity contribution in [2.45, 2.75) is 0 Å². The lowest BCUT2D eigenvalue weighted by Crippen LogP contribution is -2.34. The fourth-order valence-electron chi connectivity index (χ4n) is 6.29. The summed E-state index contributed by atoms with van der Waals surface area (Å²) in [5, 5.41) is 5.56. The Hall–Kier alpha value is -6.26. The number of pyridine rings is 2. The summed E-state index contributed by atoms with van der Waals surface area (Å²) in [5.41, 5.74) is 8.99. The lowest BCUT2D eigenvalue weighted by molar-refractivity contribution is -0.585. The summed E-state index contributed by atoms with van der Waals surface area (Å²) in [6, 6.07) is 54.8. The van der Waals surface area contributed by atoms with E-state index in [1.807, 2.05) is 30.3 Å². The molecule has 9 aromatic rings. The molecule has 0 amide bonds. The van der Waals surface area contributed by atoms with Gasteiger partial charge in [0.15, 0.2) is 5.52 Å². The molecule has 4 nitrogen and oxygen atoms in total. The van der Waals surface area contributed by atoms with Crippen molar-refractivity contribution in [1.82, 2.24) is 15.0 Å². The van der Waals surface area contributed by atoms with Crippen LogP contribution in [0.2, 0.25) is 0 Å². The number of rotatable bonds is 4. The minimum atomic E-state index is 0.909. The summed E-state index contributed by atoms with van der Waals surface area (Å²) >= 11 is 0. The number of aromatic nitrogens is 4. The molecule has 46 heavy (non-hydrogen) atoms. The van der Waals surface area contributed by atoms with Crippen LogP contribution in [0.15, 0.2) is 164 Å². The van der Waals surface area contributed by atoms with E-state index in [4.69, 9.17) is 15.0 Å². The Bertz CT molecular complexity index is 2580. The Labute approximate surface area is 265 Å². The molecular weight excluding hydrogens is 560 g/mol. The zero-order valence-electron chi connectivity index (χ0n) is 24.9. The lowest BCUT2D eigenvalue weighted by Gasteiger charge is -2.10. The maximum atomic E-state index is 5.18. The molecule has 0 N–H and O–H groups in total. The van der Waals surface area contributed by atoms with E-state index in [0.717, 1.165) is 83.1 Å². The summed E-state index contributed by atoms with van der Waals surface area (Å²) in [6.45, 7) is 0. The molecule has 0 fully saturated rings. The van der Waals surface area contributed by atoms with Crippen LogP contribution in [0.25, 0.3) is 83.1 Å². The first kappa shape index (κ1) is 26.2. The van der Waals surface area contributed by atoms with Crippen molar-refractivity contribution in [3.05, 3.63) is 164 Å². The maximum Gasteiger partial charge on any atom is 0.336 e. The Kier molecular flexibility index (Phi) is 6.10. The topological polar surface area (TPSA) is 42.5 Å². The highest BCUT2D eigenvalue weighted by molar-refractivity contribution is 6.04. The number of nitrogens with zero attached hydrogens (tertiary/aromatic N) is 4. The van der Waals surface area contributed by atoms with Gasteiger partial charge >= 0.3 is 5.82 Å². The van der Waals surface area contributed by atoms with Crippen LogP contribution in [-0.4, -0.2) is 15.0 Å². The molecule has 0 spiro atoms. The molecule has 0 aliphatic carbocycles. The third kappa shape index (κ3) is 4.56. The van der Waals surface area contributed by atoms with Crippen LogP contribution in [0.5, 0.6) is 0 Å². The van der Waals surface area contributed by atoms with Gasteiger partial charge in [-0.25, -0.2) is 9.97 Å². The highest BCUT2D eigenvalue weighted by atomic mass is 15.0. The third-order valence-corrected chi connectivity index (χ3v) is 8.68. The monoisotopic (exact) mass is 587 g/mol. The van der Waals surface area contributed by atoms with Gasteiger partial charge in [-0.2, -0.15) is 4.57 Å². The number of hydrogen-bond donors (Lipinski definition) is 0. The van der Waals surface area contributed by atoms with Crippen LogP contribution >= 0.6 is 0 Å². The Morgan fingerprint density at radius 2 is 0.935 bits per heavy atom. The van der Waals surface area contributed by atoms with Gasteiger partial charge in [0.1, 0.15) is 11.9 Å². The predicted octanol–water partition coefficient (Wildman–Crippen LogP) is 9.76. The van der Waals surface area contributed by atoms with E-state index in [1.165, 1.54) is 0 Å². The molecular formula is C42H27N4+. The van der Waals surface area contributed by atoms with Gasteiger partial charge in [-0.05, 0) is 70.4 Å². The van der Waals surface area contributed by atoms with Gasteiger partial charge in [0.25, 0.3) is 0 Å². The molecule has 0 unspecified atom stereocenters. The number of para-hydroxylation sites is 1. The first-order chi connectivity index (χ1) is 22.8. The molecule has 0 saturated carbocycles. The molecule has 6 aromatic carbocycles. The molecule has 0 aliphatic heterocycles. The van der Waals surface area contributed by atoms with Crippen molar-refractivity contribution in [3.63, 3.8) is 0 Å². The van der Waals surface area contributed by atoms with Gasteiger partial charge in [-0.3, -0.25) is 0 Å². The standard InChI is InChI=1S/C42H27N4/c1-3-9-28(10-4-1)38-23-20-29-15-16-30-21-24-39(44-41(30)40(29)43-38)34-18-17-33-26-36(22-19-32(33)25-34)46-27-35-13-7-8-14-37(35)45-42(46)31-11-5-2-6-12-31/h1-27H/q+1. The Balaban J connectivity index is 1.14. The van der Waals surface area contributed by atoms with Gasteiger partial charge < -0.3 is 0 Å². The van der Waals surface area contributed by atoms with Crippen molar-refractivity contribution in [2.24, 2.45) is 0 Å². The van der Waals surface area contributed by atoms with Crippen LogP contribution < -0.4 is 4.57 Å². The van der Waals surface area contributed by atoms with E-state index in [0.29, 0.717) is 0 Å². The van der Waals surface area contributed by atoms with Gasteiger partial charge in [-0.1, -0.05) is 103 Å². The normalized spacial score (nSPS) is 11.5. The van der Waals surface area contributed by atoms with E-state index in [1.54, 1.807) is 0 Å². The lowest BCUT2D eigenvalue weighted by atomic mass is 10.0. The number of fused-ring (bicyclic) bond motifs is 5. The van der Waals surface area contributed by atoms with E-state index in [-0.39, 0.29) is 0 Å². The highest BCUT2D eigenvalue weighted by Crippen LogP contribution is 2.30. The second kappa shape index (κ2) is 10.7. The van der Waals surface area contributed by atoms with E-state index < -0.39 is 0 Å². The zero-order chi connectivity index (χ0) is 30.5. The molecule has 0 saturated heterocycles. The van der Waals surface area contributed by atoms with E-state index >= 15 is 0 Å². The molecule has 0 bridgehead atoms. The first-order valence-corrected chi connectivity index (χ1v) is 15.4. The zero-order valence-corrected chi connectivity index (χ0v) is 24.9. The molecule has 0 atom stereocenters. The summed E-state index contributed by atoms with van der Waals surface area (Å²) in [7, 11) is 0. The number of hydrogen-bond acceptors (Lipinski definition) is 3. The fraction of sp³-hybridized carbons (Fsp3) is 0. The summed E-state index contributed by atoms with van der Waals surface area (Å²) in [4.78, 5) is 15.3. The average molecular weight is 588 g/mol. The summed E-state index contributed by atoms with van der Waals surface area (Å²) < 4.78 is 2.19. The van der Waals surface area contributed by atoms with Crippen LogP contribution in [0, 0.1) is 0 Å². The Morgan fingerprint density at radius 1 is 0.370 bits per heavy atom. The third-order valence-electron chi connectivity index (χ3n) is 8.68. The van der Waals surface area contributed by atoms with Gasteiger partial charge in [0, 0.05) is 21.9 Å². The molecule has 214 valence electrons. The average Bonchev–Trinajstić information content (AvgIpc) is 3.14. The highest BCUT2D eigenvalue weighted by Gasteiger charge is 2.19. The van der Waals surface area contributed by atoms with E-state index in [2.05, 4.69) is 138 Å². The first-order valence-electron chi connectivity index (χ1n) is 15.4. The SMILES string of the molecule is c1ccc(-c2ccc3ccc4ccc(-c5ccc6cc(-[n+]7cc8ccccc8nc7-c7ccccc7)ccc6c5)nc4c3n2)cc1. The predicted molar refractivity (Wildman–Crippen MR) is 188 cm³/mol. The van der Waals surface area contributed by atoms with Gasteiger partial charge in [-0.15, -0.1) is 0 Å². The maximum absolute atomic E-state index is 5.18. The Morgan fingerprint density at radius 3 is 1.67 bits per heavy atom. The molecule has 0 radical (unpaired) electrons. The van der Waals surface area contributed by atoms with Crippen molar-refractivity contribution in [2.75, 3.05) is 0 Å².